The minimum absolute atomic E-state index is 0.323. The van der Waals surface area contributed by atoms with Gasteiger partial charge in [-0.25, -0.2) is 0 Å². The van der Waals surface area contributed by atoms with Crippen molar-refractivity contribution in [1.29, 1.82) is 0 Å². The molecule has 1 aliphatic carbocycles. The lowest BCUT2D eigenvalue weighted by Gasteiger charge is -2.44. The van der Waals surface area contributed by atoms with E-state index in [2.05, 4.69) is 15.6 Å². The largest absolute Gasteiger partial charge is 0.389 e. The number of ketones is 1. The van der Waals surface area contributed by atoms with Crippen LogP contribution < -0.4 is 10.6 Å². The van der Waals surface area contributed by atoms with Crippen LogP contribution in [0.4, 0.5) is 11.4 Å². The van der Waals surface area contributed by atoms with Gasteiger partial charge in [0.1, 0.15) is 11.7 Å². The Labute approximate surface area is 191 Å². The van der Waals surface area contributed by atoms with Gasteiger partial charge in [0, 0.05) is 35.6 Å². The van der Waals surface area contributed by atoms with E-state index in [1.807, 2.05) is 12.1 Å². The number of aromatic nitrogens is 1. The van der Waals surface area contributed by atoms with Crippen molar-refractivity contribution in [2.45, 2.75) is 24.9 Å². The van der Waals surface area contributed by atoms with E-state index in [4.69, 9.17) is 0 Å². The Morgan fingerprint density at radius 2 is 1.42 bits per heavy atom. The molecule has 0 spiro atoms. The molecular weight excluding hydrogens is 418 g/mol. The maximum absolute atomic E-state index is 13.5. The number of aliphatic hydroxyl groups is 1. The molecule has 0 aliphatic heterocycles. The molecule has 1 aliphatic rings. The number of nitrogens with one attached hydrogen (secondary N) is 2. The summed E-state index contributed by atoms with van der Waals surface area (Å²) in [6, 6.07) is 22.8. The highest BCUT2D eigenvalue weighted by Gasteiger charge is 2.56. The number of benzene rings is 2. The Bertz CT molecular complexity index is 1130. The van der Waals surface area contributed by atoms with Crippen LogP contribution in [0.1, 0.15) is 25.0 Å². The van der Waals surface area contributed by atoms with Gasteiger partial charge in [0.05, 0.1) is 11.5 Å². The number of carbonyl (C=O) groups is 3. The van der Waals surface area contributed by atoms with Gasteiger partial charge in [-0.1, -0.05) is 42.5 Å². The fourth-order valence-electron chi connectivity index (χ4n) is 4.50. The van der Waals surface area contributed by atoms with Gasteiger partial charge < -0.3 is 15.7 Å². The number of hydrogen-bond donors (Lipinski definition) is 3. The molecule has 0 radical (unpaired) electrons. The summed E-state index contributed by atoms with van der Waals surface area (Å²) in [4.78, 5) is 44.3. The Morgan fingerprint density at radius 1 is 0.879 bits per heavy atom. The summed E-state index contributed by atoms with van der Waals surface area (Å²) < 4.78 is 0. The number of amides is 2. The summed E-state index contributed by atoms with van der Waals surface area (Å²) in [5, 5.41) is 16.8. The molecule has 1 fully saturated rings. The van der Waals surface area contributed by atoms with Crippen LogP contribution in [0.2, 0.25) is 0 Å². The SMILES string of the molecule is C[C@]1(O)CC(=O)[C@H](C(=O)Nc2ccccc2)[C@H](c2ccccn2)[C@H]1C(=O)Nc1ccccc1. The number of pyridine rings is 1. The average molecular weight is 444 g/mol. The van der Waals surface area contributed by atoms with Gasteiger partial charge in [0.25, 0.3) is 0 Å². The molecule has 4 rings (SSSR count). The van der Waals surface area contributed by atoms with Crippen molar-refractivity contribution in [2.75, 3.05) is 10.6 Å². The second-order valence-corrected chi connectivity index (χ2v) is 8.45. The Balaban J connectivity index is 1.74. The van der Waals surface area contributed by atoms with E-state index in [0.717, 1.165) is 0 Å². The highest BCUT2D eigenvalue weighted by molar-refractivity contribution is 6.10. The van der Waals surface area contributed by atoms with Crippen LogP contribution in [0.15, 0.2) is 85.1 Å². The summed E-state index contributed by atoms with van der Waals surface area (Å²) in [6.07, 6.45) is 1.22. The smallest absolute Gasteiger partial charge is 0.235 e. The fourth-order valence-corrected chi connectivity index (χ4v) is 4.50. The molecule has 4 atom stereocenters. The third-order valence-electron chi connectivity index (χ3n) is 5.94. The zero-order chi connectivity index (χ0) is 23.4. The van der Waals surface area contributed by atoms with E-state index in [-0.39, 0.29) is 6.42 Å². The first-order valence-corrected chi connectivity index (χ1v) is 10.7. The number of hydrogen-bond acceptors (Lipinski definition) is 5. The van der Waals surface area contributed by atoms with Crippen molar-refractivity contribution in [3.8, 4) is 0 Å². The number of carbonyl (C=O) groups excluding carboxylic acids is 3. The van der Waals surface area contributed by atoms with E-state index in [0.29, 0.717) is 17.1 Å². The summed E-state index contributed by atoms with van der Waals surface area (Å²) in [7, 11) is 0. The number of nitrogens with zero attached hydrogens (tertiary/aromatic N) is 1. The molecule has 1 heterocycles. The molecule has 3 aromatic rings. The third kappa shape index (κ3) is 4.83. The van der Waals surface area contributed by atoms with Crippen molar-refractivity contribution in [3.63, 3.8) is 0 Å². The van der Waals surface area contributed by atoms with E-state index in [1.54, 1.807) is 72.9 Å². The molecule has 1 aromatic heterocycles. The summed E-state index contributed by atoms with van der Waals surface area (Å²) in [5.74, 6) is -4.67. The van der Waals surface area contributed by atoms with Crippen molar-refractivity contribution in [2.24, 2.45) is 11.8 Å². The fraction of sp³-hybridized carbons (Fsp3) is 0.231. The normalized spacial score (nSPS) is 24.7. The highest BCUT2D eigenvalue weighted by Crippen LogP contribution is 2.46. The van der Waals surface area contributed by atoms with E-state index < -0.39 is 41.0 Å². The van der Waals surface area contributed by atoms with Gasteiger partial charge in [0.2, 0.25) is 11.8 Å². The number of Topliss-reactive ketones (excluding diaryl/α,β-unsaturated/α-hetero) is 1. The first-order chi connectivity index (χ1) is 15.9. The van der Waals surface area contributed by atoms with Gasteiger partial charge in [-0.2, -0.15) is 0 Å². The van der Waals surface area contributed by atoms with Gasteiger partial charge in [-0.15, -0.1) is 0 Å². The van der Waals surface area contributed by atoms with Crippen molar-refractivity contribution < 1.29 is 19.5 Å². The lowest BCUT2D eigenvalue weighted by Crippen LogP contribution is -2.56. The zero-order valence-electron chi connectivity index (χ0n) is 18.1. The van der Waals surface area contributed by atoms with Crippen LogP contribution in [0.25, 0.3) is 0 Å². The van der Waals surface area contributed by atoms with E-state index in [9.17, 15) is 19.5 Å². The molecule has 0 unspecified atom stereocenters. The Morgan fingerprint density at radius 3 is 1.97 bits per heavy atom. The van der Waals surface area contributed by atoms with Crippen LogP contribution in [-0.2, 0) is 14.4 Å². The van der Waals surface area contributed by atoms with Gasteiger partial charge in [0.15, 0.2) is 0 Å². The van der Waals surface area contributed by atoms with Gasteiger partial charge in [-0.3, -0.25) is 19.4 Å². The number of rotatable bonds is 5. The Hall–Kier alpha value is -3.84. The van der Waals surface area contributed by atoms with Crippen LogP contribution in [0, 0.1) is 11.8 Å². The third-order valence-corrected chi connectivity index (χ3v) is 5.94. The summed E-state index contributed by atoms with van der Waals surface area (Å²) in [5.41, 5.74) is -0.174. The second kappa shape index (κ2) is 9.34. The first kappa shape index (κ1) is 22.4. The monoisotopic (exact) mass is 443 g/mol. The zero-order valence-corrected chi connectivity index (χ0v) is 18.1. The second-order valence-electron chi connectivity index (χ2n) is 8.45. The molecule has 7 nitrogen and oxygen atoms in total. The molecule has 3 N–H and O–H groups in total. The van der Waals surface area contributed by atoms with Crippen LogP contribution >= 0.6 is 0 Å². The number of anilines is 2. The van der Waals surface area contributed by atoms with Crippen molar-refractivity contribution >= 4 is 29.0 Å². The van der Waals surface area contributed by atoms with Crippen LogP contribution in [0.5, 0.6) is 0 Å². The summed E-state index contributed by atoms with van der Waals surface area (Å²) >= 11 is 0. The van der Waals surface area contributed by atoms with Crippen molar-refractivity contribution in [3.05, 3.63) is 90.8 Å². The van der Waals surface area contributed by atoms with Gasteiger partial charge >= 0.3 is 0 Å². The topological polar surface area (TPSA) is 108 Å². The van der Waals surface area contributed by atoms with E-state index >= 15 is 0 Å². The minimum atomic E-state index is -1.67. The Kier molecular flexibility index (Phi) is 6.33. The predicted molar refractivity (Wildman–Crippen MR) is 124 cm³/mol. The quantitative estimate of drug-likeness (QED) is 0.524. The number of para-hydroxylation sites is 2. The first-order valence-electron chi connectivity index (χ1n) is 10.7. The molecule has 2 amide bonds. The molecule has 2 aromatic carbocycles. The van der Waals surface area contributed by atoms with E-state index in [1.165, 1.54) is 6.92 Å². The standard InChI is InChI=1S/C26H25N3O4/c1-26(33)16-20(30)22(24(31)28-17-10-4-2-5-11-17)21(19-14-8-9-15-27-19)23(26)25(32)29-18-12-6-3-7-13-18/h2-15,21-23,33H,16H2,1H3,(H,28,31)(H,29,32)/t21-,22-,23-,26-/m0/s1. The van der Waals surface area contributed by atoms with Gasteiger partial charge in [-0.05, 0) is 43.3 Å². The molecule has 168 valence electrons. The molecule has 1 saturated carbocycles. The molecule has 0 saturated heterocycles. The molecule has 33 heavy (non-hydrogen) atoms. The molecule has 7 heteroatoms. The predicted octanol–water partition coefficient (Wildman–Crippen LogP) is 3.40. The average Bonchev–Trinajstić information content (AvgIpc) is 2.79. The highest BCUT2D eigenvalue weighted by atomic mass is 16.3. The summed E-state index contributed by atoms with van der Waals surface area (Å²) in [6.45, 7) is 1.46. The maximum atomic E-state index is 13.5. The van der Waals surface area contributed by atoms with Crippen LogP contribution in [-0.4, -0.2) is 33.3 Å². The lowest BCUT2D eigenvalue weighted by molar-refractivity contribution is -0.151. The lowest BCUT2D eigenvalue weighted by atomic mass is 9.62. The van der Waals surface area contributed by atoms with Crippen molar-refractivity contribution in [1.82, 2.24) is 4.98 Å². The van der Waals surface area contributed by atoms with Crippen LogP contribution in [0.3, 0.4) is 0 Å². The molecule has 0 bridgehead atoms. The minimum Gasteiger partial charge on any atom is -0.389 e. The maximum Gasteiger partial charge on any atom is 0.235 e. The molecular formula is C26H25N3O4.